The van der Waals surface area contributed by atoms with Crippen molar-refractivity contribution in [1.29, 1.82) is 0 Å². The Labute approximate surface area is 183 Å². The van der Waals surface area contributed by atoms with E-state index in [4.69, 9.17) is 5.11 Å². The third kappa shape index (κ3) is 28.2. The van der Waals surface area contributed by atoms with Gasteiger partial charge >= 0.3 is 25.0 Å². The maximum atomic E-state index is 10.2. The number of unbranched alkanes of at least 4 members (excludes halogenated alkanes) is 19. The first-order valence-corrected chi connectivity index (χ1v) is 11.6. The van der Waals surface area contributed by atoms with E-state index in [0.29, 0.717) is 6.61 Å². The number of rotatable bonds is 21. The number of hydrogen-bond donors (Lipinski definition) is 1. The second-order valence-corrected chi connectivity index (χ2v) is 7.83. The summed E-state index contributed by atoms with van der Waals surface area (Å²) >= 11 is 0. The van der Waals surface area contributed by atoms with Crippen molar-refractivity contribution in [2.45, 2.75) is 135 Å². The van der Waals surface area contributed by atoms with Gasteiger partial charge in [0.15, 0.2) is 0 Å². The molecule has 0 atom stereocenters. The predicted octanol–water partition coefficient (Wildman–Crippen LogP) is 5.62. The van der Waals surface area contributed by atoms with E-state index in [1.807, 2.05) is 0 Å². The first-order chi connectivity index (χ1) is 12.8. The summed E-state index contributed by atoms with van der Waals surface area (Å²) in [6.45, 7) is 2.64. The molecule has 0 spiro atoms. The van der Waals surface area contributed by atoms with Crippen LogP contribution in [-0.2, 0) is 4.74 Å². The Balaban J connectivity index is -0.00000312. The molecule has 0 aliphatic rings. The Hall–Kier alpha value is -0.133. The normalized spacial score (nSPS) is 10.6. The average molecular weight is 379 g/mol. The van der Waals surface area contributed by atoms with E-state index in [2.05, 4.69) is 11.7 Å². The molecule has 0 amide bonds. The van der Waals surface area contributed by atoms with Gasteiger partial charge in [-0.25, -0.2) is 4.79 Å². The Morgan fingerprint density at radius 2 is 0.852 bits per heavy atom. The molecule has 0 bridgehead atoms. The van der Waals surface area contributed by atoms with Crippen LogP contribution in [0, 0.1) is 0 Å². The molecule has 0 aromatic rings. The largest absolute Gasteiger partial charge is 1.00 e. The van der Waals surface area contributed by atoms with Crippen LogP contribution in [-0.4, -0.2) is 17.9 Å². The van der Waals surface area contributed by atoms with Crippen molar-refractivity contribution >= 4 is 6.16 Å². The molecule has 4 heteroatoms. The molecule has 0 saturated heterocycles. The second-order valence-electron chi connectivity index (χ2n) is 7.83. The van der Waals surface area contributed by atoms with Crippen LogP contribution in [0.5, 0.6) is 0 Å². The maximum absolute atomic E-state index is 10.2. The molecule has 0 rings (SSSR count). The van der Waals surface area contributed by atoms with Crippen molar-refractivity contribution in [3.63, 3.8) is 0 Å². The minimum absolute atomic E-state index is 0. The smallest absolute Gasteiger partial charge is 1.00 e. The average Bonchev–Trinajstić information content (AvgIpc) is 2.62. The second kappa shape index (κ2) is 25.9. The first kappa shape index (κ1) is 29.1. The summed E-state index contributed by atoms with van der Waals surface area (Å²) in [7, 11) is 0. The fourth-order valence-electron chi connectivity index (χ4n) is 3.52. The Kier molecular flexibility index (Phi) is 27.9. The third-order valence-electron chi connectivity index (χ3n) is 5.22. The summed E-state index contributed by atoms with van der Waals surface area (Å²) in [6, 6.07) is 0. The molecule has 0 saturated carbocycles. The van der Waals surface area contributed by atoms with Crippen molar-refractivity contribution in [2.24, 2.45) is 0 Å². The van der Waals surface area contributed by atoms with Crippen LogP contribution >= 0.6 is 0 Å². The van der Waals surface area contributed by atoms with E-state index < -0.39 is 6.16 Å². The molecule has 3 nitrogen and oxygen atoms in total. The van der Waals surface area contributed by atoms with Gasteiger partial charge in [0.2, 0.25) is 0 Å². The van der Waals surface area contributed by atoms with E-state index in [-0.39, 0.29) is 20.3 Å². The summed E-state index contributed by atoms with van der Waals surface area (Å²) in [5, 5.41) is 8.35. The van der Waals surface area contributed by atoms with Crippen molar-refractivity contribution < 1.29 is 34.9 Å². The fourth-order valence-corrected chi connectivity index (χ4v) is 3.52. The minimum Gasteiger partial charge on any atom is -1.00 e. The summed E-state index contributed by atoms with van der Waals surface area (Å²) < 4.78 is 4.50. The third-order valence-corrected chi connectivity index (χ3v) is 5.22. The van der Waals surface area contributed by atoms with Gasteiger partial charge in [-0.1, -0.05) is 129 Å². The number of carboxylic acid groups (broad SMARTS) is 1. The molecular formula is C23H47LiO3. The fraction of sp³-hybridized carbons (Fsp3) is 0.957. The maximum Gasteiger partial charge on any atom is 1.00 e. The topological polar surface area (TPSA) is 46.5 Å². The van der Waals surface area contributed by atoms with Crippen LogP contribution < -0.4 is 18.9 Å². The number of carbonyl (C=O) groups is 1. The van der Waals surface area contributed by atoms with Gasteiger partial charge in [0.1, 0.15) is 0 Å². The molecule has 0 aromatic heterocycles. The summed E-state index contributed by atoms with van der Waals surface area (Å²) in [6.07, 6.45) is 26.0. The van der Waals surface area contributed by atoms with Gasteiger partial charge in [-0.15, -0.1) is 0 Å². The zero-order valence-electron chi connectivity index (χ0n) is 19.6. The molecule has 0 unspecified atom stereocenters. The Morgan fingerprint density at radius 1 is 0.593 bits per heavy atom. The molecular weight excluding hydrogens is 331 g/mol. The van der Waals surface area contributed by atoms with Gasteiger partial charge in [0.05, 0.1) is 6.61 Å². The predicted molar refractivity (Wildman–Crippen MR) is 113 cm³/mol. The van der Waals surface area contributed by atoms with Crippen LogP contribution in [0.4, 0.5) is 4.79 Å². The molecule has 27 heavy (non-hydrogen) atoms. The molecule has 0 aliphatic heterocycles. The summed E-state index contributed by atoms with van der Waals surface area (Å²) in [5.74, 6) is 0. The van der Waals surface area contributed by atoms with Gasteiger partial charge in [0.25, 0.3) is 0 Å². The van der Waals surface area contributed by atoms with Crippen LogP contribution in [0.25, 0.3) is 0 Å². The Bertz CT molecular complexity index is 291. The first-order valence-electron chi connectivity index (χ1n) is 11.6. The van der Waals surface area contributed by atoms with Crippen LogP contribution in [0.3, 0.4) is 0 Å². The van der Waals surface area contributed by atoms with Gasteiger partial charge in [-0.3, -0.25) is 0 Å². The van der Waals surface area contributed by atoms with Crippen molar-refractivity contribution in [2.75, 3.05) is 6.61 Å². The molecule has 158 valence electrons. The zero-order chi connectivity index (χ0) is 19.1. The van der Waals surface area contributed by atoms with Gasteiger partial charge in [-0.05, 0) is 6.42 Å². The van der Waals surface area contributed by atoms with Crippen molar-refractivity contribution in [3.8, 4) is 0 Å². The molecule has 0 heterocycles. The summed E-state index contributed by atoms with van der Waals surface area (Å²) in [5.41, 5.74) is 0. The van der Waals surface area contributed by atoms with E-state index >= 15 is 0 Å². The molecule has 0 aliphatic carbocycles. The molecule has 0 fully saturated rings. The van der Waals surface area contributed by atoms with Gasteiger partial charge in [0, 0.05) is 0 Å². The van der Waals surface area contributed by atoms with Gasteiger partial charge in [-0.2, -0.15) is 0 Å². The van der Waals surface area contributed by atoms with Crippen molar-refractivity contribution in [3.05, 3.63) is 0 Å². The number of hydrogen-bond acceptors (Lipinski definition) is 2. The van der Waals surface area contributed by atoms with E-state index in [9.17, 15) is 4.79 Å². The zero-order valence-corrected chi connectivity index (χ0v) is 18.6. The van der Waals surface area contributed by atoms with E-state index in [0.717, 1.165) is 12.8 Å². The summed E-state index contributed by atoms with van der Waals surface area (Å²) in [4.78, 5) is 10.2. The minimum atomic E-state index is -1.15. The van der Waals surface area contributed by atoms with Gasteiger partial charge < -0.3 is 11.3 Å². The molecule has 0 aromatic carbocycles. The SMILES string of the molecule is CCCCCCCCCCCCCCCCCCCCCCOC(=O)O.[H-].[Li+]. The van der Waals surface area contributed by atoms with Crippen LogP contribution in [0.1, 0.15) is 137 Å². The Morgan fingerprint density at radius 3 is 1.11 bits per heavy atom. The molecule has 1 N–H and O–H groups in total. The standard InChI is InChI=1S/C23H46O3.Li.H/c1-2-3-4-5-6-7-8-9-10-11-12-13-14-15-16-17-18-19-20-21-22-26-23(24)25;;/h2-22H2,1H3,(H,24,25);;/q;+1;-1. The van der Waals surface area contributed by atoms with Crippen molar-refractivity contribution in [1.82, 2.24) is 0 Å². The number of ether oxygens (including phenoxy) is 1. The van der Waals surface area contributed by atoms with Crippen LogP contribution in [0.15, 0.2) is 0 Å². The quantitative estimate of drug-likeness (QED) is 0.160. The molecule has 0 radical (unpaired) electrons. The van der Waals surface area contributed by atoms with E-state index in [1.165, 1.54) is 116 Å². The van der Waals surface area contributed by atoms with E-state index in [1.54, 1.807) is 0 Å². The van der Waals surface area contributed by atoms with Crippen LogP contribution in [0.2, 0.25) is 0 Å². The monoisotopic (exact) mass is 378 g/mol.